The fraction of sp³-hybridized carbons (Fsp3) is 0.231. The summed E-state index contributed by atoms with van der Waals surface area (Å²) < 4.78 is 22.6. The van der Waals surface area contributed by atoms with Crippen molar-refractivity contribution in [2.24, 2.45) is 0 Å². The van der Waals surface area contributed by atoms with Crippen LogP contribution >= 0.6 is 11.3 Å². The molecule has 0 radical (unpaired) electrons. The van der Waals surface area contributed by atoms with Crippen LogP contribution in [0.15, 0.2) is 57.9 Å². The molecule has 2 heterocycles. The third kappa shape index (κ3) is 6.33. The Balaban J connectivity index is 1.40. The Kier molecular flexibility index (Phi) is 7.89. The van der Waals surface area contributed by atoms with E-state index >= 15 is 0 Å². The quantitative estimate of drug-likeness (QED) is 0.300. The predicted octanol–water partition coefficient (Wildman–Crippen LogP) is 5.07. The van der Waals surface area contributed by atoms with E-state index < -0.39 is 0 Å². The molecule has 2 aromatic carbocycles. The van der Waals surface area contributed by atoms with Crippen molar-refractivity contribution in [2.45, 2.75) is 25.9 Å². The maximum Gasteiger partial charge on any atom is 0.307 e. The molecule has 4 aromatic rings. The zero-order valence-electron chi connectivity index (χ0n) is 19.4. The van der Waals surface area contributed by atoms with Crippen molar-refractivity contribution < 1.29 is 23.7 Å². The third-order valence-corrected chi connectivity index (χ3v) is 6.17. The molecule has 4 rings (SSSR count). The lowest BCUT2D eigenvalue weighted by atomic mass is 10.1. The molecule has 8 nitrogen and oxygen atoms in total. The number of aromatic nitrogens is 2. The van der Waals surface area contributed by atoms with Crippen LogP contribution in [0.3, 0.4) is 0 Å². The number of ether oxygens (including phenoxy) is 3. The highest BCUT2D eigenvalue weighted by atomic mass is 32.1. The van der Waals surface area contributed by atoms with Crippen LogP contribution < -0.4 is 19.1 Å². The second kappa shape index (κ2) is 11.4. The Morgan fingerprint density at radius 1 is 1.09 bits per heavy atom. The molecule has 0 saturated carbocycles. The molecule has 2 aromatic heterocycles. The summed E-state index contributed by atoms with van der Waals surface area (Å²) in [5.41, 5.74) is 2.68. The van der Waals surface area contributed by atoms with Crippen molar-refractivity contribution in [3.63, 3.8) is 0 Å². The molecule has 0 aliphatic rings. The number of rotatable bonds is 11. The van der Waals surface area contributed by atoms with Gasteiger partial charge in [-0.2, -0.15) is 0 Å². The molecule has 182 valence electrons. The molecule has 0 saturated heterocycles. The Bertz CT molecular complexity index is 1310. The van der Waals surface area contributed by atoms with Crippen LogP contribution in [-0.2, 0) is 19.4 Å². The van der Waals surface area contributed by atoms with Gasteiger partial charge in [-0.3, -0.25) is 9.78 Å². The molecule has 2 N–H and O–H groups in total. The summed E-state index contributed by atoms with van der Waals surface area (Å²) in [6.45, 7) is 0.181. The molecule has 0 spiro atoms. The van der Waals surface area contributed by atoms with Crippen molar-refractivity contribution in [2.75, 3.05) is 14.2 Å². The number of benzene rings is 2. The average molecular weight is 495 g/mol. The van der Waals surface area contributed by atoms with Gasteiger partial charge in [-0.05, 0) is 48.6 Å². The van der Waals surface area contributed by atoms with E-state index in [4.69, 9.17) is 18.6 Å². The number of oxazole rings is 1. The van der Waals surface area contributed by atoms with Crippen molar-refractivity contribution in [1.82, 2.24) is 9.97 Å². The first-order chi connectivity index (χ1) is 17.1. The Morgan fingerprint density at radius 3 is 2.49 bits per heavy atom. The van der Waals surface area contributed by atoms with Crippen molar-refractivity contribution >= 4 is 23.5 Å². The van der Waals surface area contributed by atoms with Gasteiger partial charge < -0.3 is 23.7 Å². The van der Waals surface area contributed by atoms with Gasteiger partial charge >= 0.3 is 4.87 Å². The molecular formula is C26H26N2O6S. The number of nitrogens with zero attached hydrogens (tertiary/aromatic N) is 1. The van der Waals surface area contributed by atoms with Crippen LogP contribution in [0.1, 0.15) is 34.0 Å². The molecule has 0 aliphatic heterocycles. The van der Waals surface area contributed by atoms with Crippen molar-refractivity contribution in [1.29, 1.82) is 0 Å². The molecule has 0 unspecified atom stereocenters. The van der Waals surface area contributed by atoms with Gasteiger partial charge in [0.15, 0.2) is 11.5 Å². The molecule has 0 aliphatic carbocycles. The average Bonchev–Trinajstić information content (AvgIpc) is 3.46. The number of nitrogens with one attached hydrogen (secondary N) is 1. The number of hydrogen-bond donors (Lipinski definition) is 2. The summed E-state index contributed by atoms with van der Waals surface area (Å²) in [5.74, 6) is 2.00. The summed E-state index contributed by atoms with van der Waals surface area (Å²) in [6.07, 6.45) is 7.33. The zero-order valence-corrected chi connectivity index (χ0v) is 20.3. The lowest BCUT2D eigenvalue weighted by Gasteiger charge is -2.15. The Morgan fingerprint density at radius 2 is 1.83 bits per heavy atom. The van der Waals surface area contributed by atoms with E-state index in [1.165, 1.54) is 0 Å². The van der Waals surface area contributed by atoms with Crippen LogP contribution in [0.25, 0.3) is 12.2 Å². The molecule has 0 amide bonds. The lowest BCUT2D eigenvalue weighted by Crippen LogP contribution is -2.02. The maximum atomic E-state index is 11.3. The number of aromatic amines is 1. The summed E-state index contributed by atoms with van der Waals surface area (Å²) >= 11 is 1.03. The van der Waals surface area contributed by atoms with E-state index in [0.717, 1.165) is 28.9 Å². The first kappa shape index (κ1) is 24.2. The van der Waals surface area contributed by atoms with Gasteiger partial charge in [-0.15, -0.1) is 0 Å². The fourth-order valence-electron chi connectivity index (χ4n) is 3.54. The lowest BCUT2D eigenvalue weighted by molar-refractivity contribution is 0.262. The van der Waals surface area contributed by atoms with E-state index in [2.05, 4.69) is 9.97 Å². The van der Waals surface area contributed by atoms with E-state index in [0.29, 0.717) is 46.6 Å². The minimum Gasteiger partial charge on any atom is -0.494 e. The monoisotopic (exact) mass is 494 g/mol. The largest absolute Gasteiger partial charge is 0.494 e. The zero-order chi connectivity index (χ0) is 24.6. The first-order valence-electron chi connectivity index (χ1n) is 11.0. The van der Waals surface area contributed by atoms with Gasteiger partial charge in [0.1, 0.15) is 18.6 Å². The molecule has 0 fully saturated rings. The van der Waals surface area contributed by atoms with Crippen LogP contribution in [0.2, 0.25) is 0 Å². The van der Waals surface area contributed by atoms with Crippen LogP contribution in [0, 0.1) is 0 Å². The molecule has 0 atom stereocenters. The highest BCUT2D eigenvalue weighted by Crippen LogP contribution is 2.39. The van der Waals surface area contributed by atoms with Gasteiger partial charge in [-0.1, -0.05) is 41.7 Å². The second-order valence-corrected chi connectivity index (χ2v) is 8.75. The molecule has 0 bridgehead atoms. The topological polar surface area (TPSA) is 107 Å². The van der Waals surface area contributed by atoms with Gasteiger partial charge in [0, 0.05) is 6.08 Å². The predicted molar refractivity (Wildman–Crippen MR) is 134 cm³/mol. The summed E-state index contributed by atoms with van der Waals surface area (Å²) in [4.78, 5) is 18.6. The van der Waals surface area contributed by atoms with Gasteiger partial charge in [-0.25, -0.2) is 4.98 Å². The number of H-pyrrole nitrogens is 1. The van der Waals surface area contributed by atoms with Gasteiger partial charge in [0.25, 0.3) is 0 Å². The third-order valence-electron chi connectivity index (χ3n) is 5.24. The van der Waals surface area contributed by atoms with E-state index in [9.17, 15) is 9.90 Å². The standard InChI is InChI=1S/C26H26N2O6S/c1-31-20-13-18(9-6-10-22-25(29)28-26(30)35-22)14-21(32-2)24(20)34-16-19-15-33-23(27-19)12-11-17-7-4-3-5-8-17/h3-5,7-8,11-15,29H,6,9-10,16H2,1-2H3,(H,28,30). The van der Waals surface area contributed by atoms with Crippen LogP contribution in [-0.4, -0.2) is 29.3 Å². The molecular weight excluding hydrogens is 468 g/mol. The van der Waals surface area contributed by atoms with Crippen molar-refractivity contribution in [3.8, 4) is 23.1 Å². The normalized spacial score (nSPS) is 11.1. The molecule has 9 heteroatoms. The van der Waals surface area contributed by atoms with Gasteiger partial charge in [0.05, 0.1) is 19.1 Å². The molecule has 35 heavy (non-hydrogen) atoms. The van der Waals surface area contributed by atoms with Crippen molar-refractivity contribution in [3.05, 3.63) is 86.0 Å². The second-order valence-electron chi connectivity index (χ2n) is 7.68. The fourth-order valence-corrected chi connectivity index (χ4v) is 4.30. The van der Waals surface area contributed by atoms with Crippen LogP contribution in [0.4, 0.5) is 0 Å². The SMILES string of the molecule is COc1cc(CCCc2sc(=O)[nH]c2O)cc(OC)c1OCc1coc(C=Cc2ccccc2)n1. The van der Waals surface area contributed by atoms with Crippen LogP contribution in [0.5, 0.6) is 23.1 Å². The highest BCUT2D eigenvalue weighted by Gasteiger charge is 2.16. The summed E-state index contributed by atoms with van der Waals surface area (Å²) in [5, 5.41) is 9.75. The number of hydrogen-bond acceptors (Lipinski definition) is 8. The summed E-state index contributed by atoms with van der Waals surface area (Å²) in [6, 6.07) is 13.7. The number of methoxy groups -OCH3 is 2. The Labute approximate surface area is 206 Å². The number of aromatic hydroxyl groups is 1. The minimum absolute atomic E-state index is 0.0505. The van der Waals surface area contributed by atoms with Gasteiger partial charge in [0.2, 0.25) is 17.5 Å². The smallest absolute Gasteiger partial charge is 0.307 e. The van der Waals surface area contributed by atoms with E-state index in [1.807, 2.05) is 48.5 Å². The summed E-state index contributed by atoms with van der Waals surface area (Å²) in [7, 11) is 3.15. The minimum atomic E-state index is -0.256. The first-order valence-corrected chi connectivity index (χ1v) is 11.8. The number of aryl methyl sites for hydroxylation is 2. The highest BCUT2D eigenvalue weighted by molar-refractivity contribution is 7.09. The van der Waals surface area contributed by atoms with E-state index in [1.54, 1.807) is 26.6 Å². The number of thiazole rings is 1. The Hall–Kier alpha value is -3.98. The van der Waals surface area contributed by atoms with E-state index in [-0.39, 0.29) is 17.4 Å². The maximum absolute atomic E-state index is 11.3.